The highest BCUT2D eigenvalue weighted by atomic mass is 31.2. The number of carbonyl (C=O) groups is 2. The number of ether oxygens (including phenoxy) is 2. The fraction of sp³-hybridized carbons (Fsp3) is 0.879. The summed E-state index contributed by atoms with van der Waals surface area (Å²) in [6.45, 7) is 4.45. The highest BCUT2D eigenvalue weighted by Gasteiger charge is 2.27. The summed E-state index contributed by atoms with van der Waals surface area (Å²) in [5.74, 6) is -0.787. The van der Waals surface area contributed by atoms with E-state index in [2.05, 4.69) is 50.3 Å². The van der Waals surface area contributed by atoms with Gasteiger partial charge < -0.3 is 18.9 Å². The molecule has 1 N–H and O–H groups in total. The van der Waals surface area contributed by atoms with Gasteiger partial charge in [-0.3, -0.25) is 18.6 Å². The maximum absolute atomic E-state index is 12.8. The van der Waals surface area contributed by atoms with Gasteiger partial charge in [-0.15, -0.1) is 0 Å². The van der Waals surface area contributed by atoms with Crippen LogP contribution in [0.3, 0.4) is 0 Å². The molecule has 76 heavy (non-hydrogen) atoms. The van der Waals surface area contributed by atoms with Gasteiger partial charge in [0.2, 0.25) is 0 Å². The molecule has 0 aromatic carbocycles. The van der Waals surface area contributed by atoms with Crippen LogP contribution in [0.4, 0.5) is 0 Å². The minimum atomic E-state index is -4.39. The Kier molecular flexibility index (Phi) is 56.6. The predicted octanol–water partition coefficient (Wildman–Crippen LogP) is 20.7. The summed E-state index contributed by atoms with van der Waals surface area (Å²) in [5, 5.41) is 0. The van der Waals surface area contributed by atoms with Crippen molar-refractivity contribution in [3.63, 3.8) is 0 Å². The second-order valence-corrected chi connectivity index (χ2v) is 25.0. The Hall–Kier alpha value is -1.77. The van der Waals surface area contributed by atoms with Crippen LogP contribution in [0.15, 0.2) is 36.5 Å². The number of allylic oxidation sites excluding steroid dienone is 6. The summed E-state index contributed by atoms with van der Waals surface area (Å²) in [6, 6.07) is 0. The van der Waals surface area contributed by atoms with Crippen molar-refractivity contribution in [3.8, 4) is 0 Å². The second-order valence-electron chi connectivity index (χ2n) is 23.5. The number of phosphoric ester groups is 1. The molecule has 0 rings (SSSR count). The van der Waals surface area contributed by atoms with Gasteiger partial charge in [-0.25, -0.2) is 4.57 Å². The number of likely N-dealkylation sites (N-methyl/N-ethyl adjacent to an activating group) is 1. The number of quaternary nitrogens is 1. The second kappa shape index (κ2) is 57.9. The molecule has 0 saturated carbocycles. The van der Waals surface area contributed by atoms with Crippen LogP contribution in [0.2, 0.25) is 0 Å². The minimum Gasteiger partial charge on any atom is -0.462 e. The highest BCUT2D eigenvalue weighted by molar-refractivity contribution is 7.47. The fourth-order valence-corrected chi connectivity index (χ4v) is 10.3. The molecule has 0 aliphatic carbocycles. The normalized spacial score (nSPS) is 13.4. The molecule has 2 unspecified atom stereocenters. The Morgan fingerprint density at radius 1 is 0.408 bits per heavy atom. The zero-order valence-electron chi connectivity index (χ0n) is 51.0. The highest BCUT2D eigenvalue weighted by Crippen LogP contribution is 2.43. The lowest BCUT2D eigenvalue weighted by Crippen LogP contribution is -2.37. The molecule has 2 atom stereocenters. The van der Waals surface area contributed by atoms with Crippen molar-refractivity contribution in [3.05, 3.63) is 36.5 Å². The van der Waals surface area contributed by atoms with E-state index in [0.29, 0.717) is 23.9 Å². The van der Waals surface area contributed by atoms with Gasteiger partial charge in [0.1, 0.15) is 19.8 Å². The fourth-order valence-electron chi connectivity index (χ4n) is 9.57. The molecule has 0 amide bonds. The maximum atomic E-state index is 12.8. The third-order valence-corrected chi connectivity index (χ3v) is 15.6. The van der Waals surface area contributed by atoms with Gasteiger partial charge in [0.25, 0.3) is 0 Å². The van der Waals surface area contributed by atoms with E-state index in [1.165, 1.54) is 244 Å². The molecular formula is C66H127NO8P+. The van der Waals surface area contributed by atoms with E-state index < -0.39 is 26.5 Å². The third kappa shape index (κ3) is 61.4. The van der Waals surface area contributed by atoms with Crippen LogP contribution >= 0.6 is 7.82 Å². The zero-order chi connectivity index (χ0) is 55.6. The predicted molar refractivity (Wildman–Crippen MR) is 326 cm³/mol. The molecule has 9 nitrogen and oxygen atoms in total. The Balaban J connectivity index is 3.98. The van der Waals surface area contributed by atoms with Crippen LogP contribution < -0.4 is 0 Å². The van der Waals surface area contributed by atoms with Gasteiger partial charge in [-0.1, -0.05) is 275 Å². The molecule has 0 aromatic heterocycles. The van der Waals surface area contributed by atoms with E-state index in [-0.39, 0.29) is 25.6 Å². The lowest BCUT2D eigenvalue weighted by atomic mass is 10.0. The number of unbranched alkanes of at least 4 members (excludes halogenated alkanes) is 41. The SMILES string of the molecule is CCCCC/C=C\C/C=C\CCCCCCCCCCCC(=O)OC(COC(=O)CCCCCCCCCCCCCCCCCCCCCCC/C=C\CCCCCCCCCC)COP(=O)(O)OCC[N+](C)(C)C. The van der Waals surface area contributed by atoms with Crippen molar-refractivity contribution < 1.29 is 42.1 Å². The van der Waals surface area contributed by atoms with Crippen LogP contribution in [0.1, 0.15) is 322 Å². The van der Waals surface area contributed by atoms with Crippen LogP contribution in [0, 0.1) is 0 Å². The standard InChI is InChI=1S/C66H126NO8P/c1-6-8-10-12-14-16-18-20-22-24-26-27-28-29-30-31-32-33-34-35-36-37-38-39-41-42-44-46-48-50-52-54-56-58-65(68)72-62-64(63-74-76(70,71)73-61-60-67(3,4)5)75-66(69)59-57-55-53-51-49-47-45-43-40-25-23-21-19-17-15-13-11-9-7-2/h15,17,21,23-24,26,64H,6-14,16,18-20,22,25,27-63H2,1-5H3/p+1/b17-15-,23-21-,26-24-. The molecule has 0 radical (unpaired) electrons. The van der Waals surface area contributed by atoms with E-state index in [1.807, 2.05) is 21.1 Å². The van der Waals surface area contributed by atoms with Crippen LogP contribution in [-0.2, 0) is 32.7 Å². The molecular weight excluding hydrogens is 966 g/mol. The van der Waals surface area contributed by atoms with E-state index >= 15 is 0 Å². The topological polar surface area (TPSA) is 108 Å². The van der Waals surface area contributed by atoms with Crippen molar-refractivity contribution in [2.24, 2.45) is 0 Å². The van der Waals surface area contributed by atoms with E-state index in [9.17, 15) is 19.0 Å². The van der Waals surface area contributed by atoms with Crippen molar-refractivity contribution in [1.82, 2.24) is 0 Å². The quantitative estimate of drug-likeness (QED) is 0.0211. The summed E-state index contributed by atoms with van der Waals surface area (Å²) in [5.41, 5.74) is 0. The Bertz CT molecular complexity index is 1380. The summed E-state index contributed by atoms with van der Waals surface area (Å²) in [7, 11) is 1.49. The molecule has 448 valence electrons. The summed E-state index contributed by atoms with van der Waals surface area (Å²) in [6.07, 6.45) is 72.4. The first-order chi connectivity index (χ1) is 37.0. The van der Waals surface area contributed by atoms with Gasteiger partial charge in [0.05, 0.1) is 27.7 Å². The van der Waals surface area contributed by atoms with E-state index in [0.717, 1.165) is 44.9 Å². The molecule has 0 aliphatic heterocycles. The molecule has 10 heteroatoms. The maximum Gasteiger partial charge on any atom is 0.472 e. The lowest BCUT2D eigenvalue weighted by molar-refractivity contribution is -0.870. The average molecular weight is 1090 g/mol. The summed E-state index contributed by atoms with van der Waals surface area (Å²) >= 11 is 0. The number of esters is 2. The Morgan fingerprint density at radius 3 is 1.08 bits per heavy atom. The van der Waals surface area contributed by atoms with E-state index in [4.69, 9.17) is 18.5 Å². The zero-order valence-corrected chi connectivity index (χ0v) is 51.9. The largest absolute Gasteiger partial charge is 0.472 e. The first kappa shape index (κ1) is 74.2. The monoisotopic (exact) mass is 1090 g/mol. The average Bonchev–Trinajstić information content (AvgIpc) is 3.38. The molecule has 0 heterocycles. The van der Waals surface area contributed by atoms with Crippen LogP contribution in [0.5, 0.6) is 0 Å². The van der Waals surface area contributed by atoms with Gasteiger partial charge in [-0.2, -0.15) is 0 Å². The number of nitrogens with zero attached hydrogens (tertiary/aromatic N) is 1. The molecule has 0 bridgehead atoms. The molecule has 0 saturated heterocycles. The van der Waals surface area contributed by atoms with Gasteiger partial charge in [0, 0.05) is 12.8 Å². The van der Waals surface area contributed by atoms with Crippen molar-refractivity contribution in [2.45, 2.75) is 328 Å². The molecule has 0 aliphatic rings. The Morgan fingerprint density at radius 2 is 0.711 bits per heavy atom. The van der Waals surface area contributed by atoms with Crippen molar-refractivity contribution in [2.75, 3.05) is 47.5 Å². The van der Waals surface area contributed by atoms with Crippen molar-refractivity contribution in [1.29, 1.82) is 0 Å². The van der Waals surface area contributed by atoms with Gasteiger partial charge in [0.15, 0.2) is 6.10 Å². The number of hydrogen-bond acceptors (Lipinski definition) is 7. The number of hydrogen-bond donors (Lipinski definition) is 1. The minimum absolute atomic E-state index is 0.0325. The third-order valence-electron chi connectivity index (χ3n) is 14.6. The van der Waals surface area contributed by atoms with Crippen LogP contribution in [0.25, 0.3) is 0 Å². The number of phosphoric acid groups is 1. The van der Waals surface area contributed by atoms with E-state index in [1.54, 1.807) is 0 Å². The van der Waals surface area contributed by atoms with Gasteiger partial charge in [-0.05, 0) is 70.6 Å². The number of rotatable bonds is 61. The summed E-state index contributed by atoms with van der Waals surface area (Å²) in [4.78, 5) is 35.8. The van der Waals surface area contributed by atoms with Crippen molar-refractivity contribution >= 4 is 19.8 Å². The summed E-state index contributed by atoms with van der Waals surface area (Å²) < 4.78 is 34.6. The lowest BCUT2D eigenvalue weighted by Gasteiger charge is -2.24. The van der Waals surface area contributed by atoms with Crippen LogP contribution in [-0.4, -0.2) is 74.9 Å². The first-order valence-electron chi connectivity index (χ1n) is 32.7. The molecule has 0 aromatic rings. The smallest absolute Gasteiger partial charge is 0.462 e. The molecule has 0 spiro atoms. The Labute approximate surface area is 471 Å². The number of carbonyl (C=O) groups excluding carboxylic acids is 2. The van der Waals surface area contributed by atoms with Gasteiger partial charge >= 0.3 is 19.8 Å². The molecule has 0 fully saturated rings. The first-order valence-corrected chi connectivity index (χ1v) is 34.2.